The lowest BCUT2D eigenvalue weighted by Gasteiger charge is -2.33. The second-order valence-corrected chi connectivity index (χ2v) is 5.59. The topological polar surface area (TPSA) is 37.4 Å². The molecule has 0 radical (unpaired) electrons. The Morgan fingerprint density at radius 1 is 1.45 bits per heavy atom. The average Bonchev–Trinajstić information content (AvgIpc) is 2.45. The molecule has 1 saturated heterocycles. The standard InChI is InChI=1S/C15H24FN3O/c1-11(2)17-9-12-8-13(16)10-18-15(12)19-6-4-14(20-3)5-7-19/h8,10-11,14,17H,4-7,9H2,1-3H3. The van der Waals surface area contributed by atoms with Gasteiger partial charge in [-0.2, -0.15) is 0 Å². The molecule has 0 amide bonds. The Morgan fingerprint density at radius 3 is 2.75 bits per heavy atom. The van der Waals surface area contributed by atoms with Crippen molar-refractivity contribution in [1.29, 1.82) is 0 Å². The maximum absolute atomic E-state index is 13.4. The van der Waals surface area contributed by atoms with Gasteiger partial charge in [0, 0.05) is 38.3 Å². The summed E-state index contributed by atoms with van der Waals surface area (Å²) in [5.74, 6) is 0.621. The van der Waals surface area contributed by atoms with Crippen LogP contribution in [0, 0.1) is 5.82 Å². The van der Waals surface area contributed by atoms with Crippen LogP contribution in [0.25, 0.3) is 0 Å². The molecule has 0 aromatic carbocycles. The Balaban J connectivity index is 2.10. The number of ether oxygens (including phenoxy) is 1. The highest BCUT2D eigenvalue weighted by atomic mass is 19.1. The van der Waals surface area contributed by atoms with Gasteiger partial charge in [0.2, 0.25) is 0 Å². The van der Waals surface area contributed by atoms with Crippen LogP contribution in [0.15, 0.2) is 12.3 Å². The van der Waals surface area contributed by atoms with Crippen LogP contribution >= 0.6 is 0 Å². The maximum atomic E-state index is 13.4. The molecule has 0 bridgehead atoms. The molecule has 1 aliphatic rings. The lowest BCUT2D eigenvalue weighted by molar-refractivity contribution is 0.0817. The van der Waals surface area contributed by atoms with Crippen molar-refractivity contribution in [1.82, 2.24) is 10.3 Å². The number of piperidine rings is 1. The Morgan fingerprint density at radius 2 is 2.15 bits per heavy atom. The van der Waals surface area contributed by atoms with Crippen molar-refractivity contribution >= 4 is 5.82 Å². The van der Waals surface area contributed by atoms with Crippen molar-refractivity contribution in [2.24, 2.45) is 0 Å². The van der Waals surface area contributed by atoms with Crippen LogP contribution in [-0.2, 0) is 11.3 Å². The van der Waals surface area contributed by atoms with E-state index in [0.29, 0.717) is 18.7 Å². The van der Waals surface area contributed by atoms with E-state index in [2.05, 4.69) is 29.0 Å². The summed E-state index contributed by atoms with van der Waals surface area (Å²) in [6.07, 6.45) is 3.62. The number of methoxy groups -OCH3 is 1. The molecule has 1 aliphatic heterocycles. The smallest absolute Gasteiger partial charge is 0.141 e. The molecular formula is C15H24FN3O. The first kappa shape index (κ1) is 15.2. The minimum Gasteiger partial charge on any atom is -0.381 e. The first-order chi connectivity index (χ1) is 9.60. The normalized spacial score (nSPS) is 16.9. The van der Waals surface area contributed by atoms with Crippen molar-refractivity contribution in [2.45, 2.75) is 45.4 Å². The highest BCUT2D eigenvalue weighted by Gasteiger charge is 2.21. The molecular weight excluding hydrogens is 257 g/mol. The van der Waals surface area contributed by atoms with Crippen molar-refractivity contribution < 1.29 is 9.13 Å². The van der Waals surface area contributed by atoms with Crippen LogP contribution in [-0.4, -0.2) is 37.3 Å². The summed E-state index contributed by atoms with van der Waals surface area (Å²) in [5, 5.41) is 3.33. The van der Waals surface area contributed by atoms with Gasteiger partial charge in [-0.25, -0.2) is 9.37 Å². The summed E-state index contributed by atoms with van der Waals surface area (Å²) in [6, 6.07) is 1.95. The largest absolute Gasteiger partial charge is 0.381 e. The summed E-state index contributed by atoms with van der Waals surface area (Å²) < 4.78 is 18.8. The third kappa shape index (κ3) is 3.90. The first-order valence-corrected chi connectivity index (χ1v) is 7.25. The van der Waals surface area contributed by atoms with Gasteiger partial charge in [-0.3, -0.25) is 0 Å². The maximum Gasteiger partial charge on any atom is 0.141 e. The molecule has 2 rings (SSSR count). The zero-order valence-corrected chi connectivity index (χ0v) is 12.5. The fraction of sp³-hybridized carbons (Fsp3) is 0.667. The highest BCUT2D eigenvalue weighted by Crippen LogP contribution is 2.23. The van der Waals surface area contributed by atoms with Crippen LogP contribution < -0.4 is 10.2 Å². The fourth-order valence-electron chi connectivity index (χ4n) is 2.51. The van der Waals surface area contributed by atoms with Crippen LogP contribution in [0.5, 0.6) is 0 Å². The van der Waals surface area contributed by atoms with Crippen LogP contribution in [0.1, 0.15) is 32.3 Å². The zero-order chi connectivity index (χ0) is 14.5. The molecule has 2 heterocycles. The Hall–Kier alpha value is -1.20. The number of rotatable bonds is 5. The van der Waals surface area contributed by atoms with Crippen molar-refractivity contribution in [2.75, 3.05) is 25.1 Å². The molecule has 0 atom stereocenters. The molecule has 1 N–H and O–H groups in total. The summed E-state index contributed by atoms with van der Waals surface area (Å²) in [7, 11) is 1.76. The summed E-state index contributed by atoms with van der Waals surface area (Å²) in [4.78, 5) is 6.53. The van der Waals surface area contributed by atoms with Gasteiger partial charge in [0.05, 0.1) is 12.3 Å². The van der Waals surface area contributed by atoms with Gasteiger partial charge < -0.3 is 15.0 Å². The molecule has 1 fully saturated rings. The predicted molar refractivity (Wildman–Crippen MR) is 78.4 cm³/mol. The Kier molecular flexibility index (Phi) is 5.31. The van der Waals surface area contributed by atoms with E-state index in [1.54, 1.807) is 13.2 Å². The van der Waals surface area contributed by atoms with Gasteiger partial charge in [-0.05, 0) is 18.9 Å². The minimum absolute atomic E-state index is 0.277. The molecule has 0 spiro atoms. The van der Waals surface area contributed by atoms with Crippen LogP contribution in [0.2, 0.25) is 0 Å². The van der Waals surface area contributed by atoms with E-state index in [-0.39, 0.29) is 5.82 Å². The predicted octanol–water partition coefficient (Wildman–Crippen LogP) is 2.33. The van der Waals surface area contributed by atoms with Gasteiger partial charge in [0.15, 0.2) is 0 Å². The summed E-state index contributed by atoms with van der Waals surface area (Å²) in [5.41, 5.74) is 0.926. The third-order valence-electron chi connectivity index (χ3n) is 3.69. The van der Waals surface area contributed by atoms with Gasteiger partial charge in [0.25, 0.3) is 0 Å². The SMILES string of the molecule is COC1CCN(c2ncc(F)cc2CNC(C)C)CC1. The van der Waals surface area contributed by atoms with Gasteiger partial charge in [0.1, 0.15) is 11.6 Å². The molecule has 0 aliphatic carbocycles. The number of pyridine rings is 1. The zero-order valence-electron chi connectivity index (χ0n) is 12.5. The minimum atomic E-state index is -0.277. The molecule has 1 aromatic rings. The number of hydrogen-bond acceptors (Lipinski definition) is 4. The molecule has 4 nitrogen and oxygen atoms in total. The van der Waals surface area contributed by atoms with E-state index in [4.69, 9.17) is 4.74 Å². The van der Waals surface area contributed by atoms with Gasteiger partial charge in [-0.15, -0.1) is 0 Å². The first-order valence-electron chi connectivity index (χ1n) is 7.25. The van der Waals surface area contributed by atoms with Gasteiger partial charge >= 0.3 is 0 Å². The van der Waals surface area contributed by atoms with E-state index in [1.807, 2.05) is 0 Å². The highest BCUT2D eigenvalue weighted by molar-refractivity contribution is 5.47. The molecule has 112 valence electrons. The monoisotopic (exact) mass is 281 g/mol. The van der Waals surface area contributed by atoms with Crippen molar-refractivity contribution in [3.05, 3.63) is 23.6 Å². The van der Waals surface area contributed by atoms with Crippen LogP contribution in [0.3, 0.4) is 0 Å². The quantitative estimate of drug-likeness (QED) is 0.899. The Labute approximate surface area is 120 Å². The number of halogens is 1. The molecule has 1 aromatic heterocycles. The number of nitrogens with zero attached hydrogens (tertiary/aromatic N) is 2. The van der Waals surface area contributed by atoms with E-state index in [9.17, 15) is 4.39 Å². The van der Waals surface area contributed by atoms with E-state index in [1.165, 1.54) is 6.20 Å². The van der Waals surface area contributed by atoms with Crippen LogP contribution in [0.4, 0.5) is 10.2 Å². The number of aromatic nitrogens is 1. The molecule has 20 heavy (non-hydrogen) atoms. The fourth-order valence-corrected chi connectivity index (χ4v) is 2.51. The third-order valence-corrected chi connectivity index (χ3v) is 3.69. The lowest BCUT2D eigenvalue weighted by atomic mass is 10.1. The molecule has 0 saturated carbocycles. The summed E-state index contributed by atoms with van der Waals surface area (Å²) >= 11 is 0. The average molecular weight is 281 g/mol. The number of nitrogens with one attached hydrogen (secondary N) is 1. The van der Waals surface area contributed by atoms with Gasteiger partial charge in [-0.1, -0.05) is 13.8 Å². The second-order valence-electron chi connectivity index (χ2n) is 5.59. The summed E-state index contributed by atoms with van der Waals surface area (Å²) in [6.45, 7) is 6.62. The number of anilines is 1. The molecule has 0 unspecified atom stereocenters. The van der Waals surface area contributed by atoms with E-state index >= 15 is 0 Å². The Bertz CT molecular complexity index is 431. The lowest BCUT2D eigenvalue weighted by Crippen LogP contribution is -2.38. The molecule has 5 heteroatoms. The second kappa shape index (κ2) is 6.99. The van der Waals surface area contributed by atoms with Crippen molar-refractivity contribution in [3.8, 4) is 0 Å². The van der Waals surface area contributed by atoms with E-state index < -0.39 is 0 Å². The van der Waals surface area contributed by atoms with E-state index in [0.717, 1.165) is 37.3 Å². The van der Waals surface area contributed by atoms with Crippen molar-refractivity contribution in [3.63, 3.8) is 0 Å². The number of hydrogen-bond donors (Lipinski definition) is 1.